The summed E-state index contributed by atoms with van der Waals surface area (Å²) < 4.78 is 0. The van der Waals surface area contributed by atoms with Crippen molar-refractivity contribution >= 4 is 12.6 Å². The van der Waals surface area contributed by atoms with Gasteiger partial charge in [-0.1, -0.05) is 24.3 Å². The second kappa shape index (κ2) is 6.52. The maximum Gasteiger partial charge on any atom is 0.488 e. The first-order chi connectivity index (χ1) is 9.06. The summed E-state index contributed by atoms with van der Waals surface area (Å²) in [5.74, 6) is 0. The van der Waals surface area contributed by atoms with Gasteiger partial charge in [-0.05, 0) is 24.9 Å². The first kappa shape index (κ1) is 14.5. The van der Waals surface area contributed by atoms with Crippen LogP contribution in [0.2, 0.25) is 0 Å². The van der Waals surface area contributed by atoms with Crippen LogP contribution >= 0.6 is 0 Å². The highest BCUT2D eigenvalue weighted by Gasteiger charge is 2.18. The van der Waals surface area contributed by atoms with Gasteiger partial charge in [-0.25, -0.2) is 0 Å². The summed E-state index contributed by atoms with van der Waals surface area (Å²) in [5.41, 5.74) is 1.77. The van der Waals surface area contributed by atoms with E-state index in [1.807, 2.05) is 12.1 Å². The molecule has 0 bridgehead atoms. The van der Waals surface area contributed by atoms with Crippen molar-refractivity contribution in [2.24, 2.45) is 0 Å². The zero-order valence-corrected chi connectivity index (χ0v) is 11.8. The number of piperazine rings is 1. The molecule has 4 nitrogen and oxygen atoms in total. The summed E-state index contributed by atoms with van der Waals surface area (Å²) in [4.78, 5) is 4.95. The van der Waals surface area contributed by atoms with Crippen LogP contribution in [0, 0.1) is 0 Å². The molecular weight excluding hydrogens is 239 g/mol. The van der Waals surface area contributed by atoms with E-state index >= 15 is 0 Å². The fourth-order valence-corrected chi connectivity index (χ4v) is 2.49. The lowest BCUT2D eigenvalue weighted by atomic mass is 9.80. The summed E-state index contributed by atoms with van der Waals surface area (Å²) in [6.45, 7) is 9.89. The van der Waals surface area contributed by atoms with Crippen LogP contribution in [-0.2, 0) is 6.54 Å². The summed E-state index contributed by atoms with van der Waals surface area (Å²) >= 11 is 0. The number of rotatable bonds is 4. The second-order valence-electron chi connectivity index (χ2n) is 5.52. The van der Waals surface area contributed by atoms with Crippen molar-refractivity contribution in [3.8, 4) is 0 Å². The quantitative estimate of drug-likeness (QED) is 0.743. The maximum atomic E-state index is 9.06. The average molecular weight is 262 g/mol. The monoisotopic (exact) mass is 262 g/mol. The van der Waals surface area contributed by atoms with Gasteiger partial charge in [0.2, 0.25) is 0 Å². The summed E-state index contributed by atoms with van der Waals surface area (Å²) in [6.07, 6.45) is 0. The molecule has 1 aliphatic heterocycles. The van der Waals surface area contributed by atoms with E-state index in [2.05, 4.69) is 23.6 Å². The van der Waals surface area contributed by atoms with Crippen molar-refractivity contribution in [2.45, 2.75) is 26.4 Å². The van der Waals surface area contributed by atoms with Gasteiger partial charge in [0.1, 0.15) is 0 Å². The molecule has 0 saturated carbocycles. The Bertz CT molecular complexity index is 387. The van der Waals surface area contributed by atoms with Gasteiger partial charge in [-0.15, -0.1) is 0 Å². The first-order valence-electron chi connectivity index (χ1n) is 6.97. The molecule has 0 amide bonds. The fraction of sp³-hybridized carbons (Fsp3) is 0.571. The Morgan fingerprint density at radius 1 is 1.05 bits per heavy atom. The number of benzene rings is 1. The van der Waals surface area contributed by atoms with Crippen LogP contribution in [0.5, 0.6) is 0 Å². The average Bonchev–Trinajstić information content (AvgIpc) is 2.40. The van der Waals surface area contributed by atoms with Crippen molar-refractivity contribution in [1.29, 1.82) is 0 Å². The molecule has 5 heteroatoms. The molecule has 1 heterocycles. The zero-order valence-electron chi connectivity index (χ0n) is 11.8. The smallest absolute Gasteiger partial charge is 0.423 e. The Morgan fingerprint density at radius 2 is 1.63 bits per heavy atom. The SMILES string of the molecule is CC(C)N1CCN(Cc2ccc(B(O)O)cc2)CC1. The van der Waals surface area contributed by atoms with Crippen molar-refractivity contribution in [3.05, 3.63) is 29.8 Å². The van der Waals surface area contributed by atoms with E-state index in [0.717, 1.165) is 32.7 Å². The van der Waals surface area contributed by atoms with E-state index in [0.29, 0.717) is 11.5 Å². The van der Waals surface area contributed by atoms with Gasteiger partial charge in [0, 0.05) is 38.8 Å². The van der Waals surface area contributed by atoms with Crippen LogP contribution in [0.3, 0.4) is 0 Å². The molecule has 0 aromatic heterocycles. The Balaban J connectivity index is 1.85. The lowest BCUT2D eigenvalue weighted by molar-refractivity contribution is 0.104. The van der Waals surface area contributed by atoms with Crippen molar-refractivity contribution in [1.82, 2.24) is 9.80 Å². The molecule has 0 spiro atoms. The highest BCUT2D eigenvalue weighted by Crippen LogP contribution is 2.09. The Morgan fingerprint density at radius 3 is 2.11 bits per heavy atom. The molecule has 1 saturated heterocycles. The molecular formula is C14H23BN2O2. The second-order valence-corrected chi connectivity index (χ2v) is 5.52. The van der Waals surface area contributed by atoms with Gasteiger partial charge in [0.25, 0.3) is 0 Å². The van der Waals surface area contributed by atoms with E-state index in [4.69, 9.17) is 10.0 Å². The highest BCUT2D eigenvalue weighted by atomic mass is 16.4. The largest absolute Gasteiger partial charge is 0.488 e. The fourth-order valence-electron chi connectivity index (χ4n) is 2.49. The molecule has 0 radical (unpaired) electrons. The minimum atomic E-state index is -1.37. The third kappa shape index (κ3) is 4.04. The topological polar surface area (TPSA) is 46.9 Å². The van der Waals surface area contributed by atoms with Crippen molar-refractivity contribution in [2.75, 3.05) is 26.2 Å². The zero-order chi connectivity index (χ0) is 13.8. The maximum absolute atomic E-state index is 9.06. The van der Waals surface area contributed by atoms with Crippen LogP contribution in [0.1, 0.15) is 19.4 Å². The van der Waals surface area contributed by atoms with Crippen molar-refractivity contribution in [3.63, 3.8) is 0 Å². The lowest BCUT2D eigenvalue weighted by Gasteiger charge is -2.36. The molecule has 2 N–H and O–H groups in total. The standard InChI is InChI=1S/C14H23BN2O2/c1-12(2)17-9-7-16(8-10-17)11-13-3-5-14(6-4-13)15(18)19/h3-6,12,18-19H,7-11H2,1-2H3. The number of nitrogens with zero attached hydrogens (tertiary/aromatic N) is 2. The third-order valence-corrected chi connectivity index (χ3v) is 3.82. The number of hydrogen-bond acceptors (Lipinski definition) is 4. The number of hydrogen-bond donors (Lipinski definition) is 2. The highest BCUT2D eigenvalue weighted by molar-refractivity contribution is 6.58. The van der Waals surface area contributed by atoms with Gasteiger partial charge < -0.3 is 10.0 Å². The van der Waals surface area contributed by atoms with E-state index in [1.165, 1.54) is 5.56 Å². The van der Waals surface area contributed by atoms with Crippen LogP contribution in [0.15, 0.2) is 24.3 Å². The van der Waals surface area contributed by atoms with Crippen LogP contribution in [-0.4, -0.2) is 59.2 Å². The van der Waals surface area contributed by atoms with Crippen LogP contribution in [0.25, 0.3) is 0 Å². The Hall–Kier alpha value is -0.875. The predicted molar refractivity (Wildman–Crippen MR) is 78.3 cm³/mol. The molecule has 1 fully saturated rings. The molecule has 1 aliphatic rings. The predicted octanol–water partition coefficient (Wildman–Crippen LogP) is -0.108. The van der Waals surface area contributed by atoms with Crippen molar-refractivity contribution < 1.29 is 10.0 Å². The van der Waals surface area contributed by atoms with E-state index < -0.39 is 7.12 Å². The molecule has 0 atom stereocenters. The van der Waals surface area contributed by atoms with Gasteiger partial charge in [-0.2, -0.15) is 0 Å². The van der Waals surface area contributed by atoms with E-state index in [9.17, 15) is 0 Å². The van der Waals surface area contributed by atoms with Gasteiger partial charge in [-0.3, -0.25) is 9.80 Å². The summed E-state index contributed by atoms with van der Waals surface area (Å²) in [5, 5.41) is 18.1. The van der Waals surface area contributed by atoms with Crippen LogP contribution < -0.4 is 5.46 Å². The normalized spacial score (nSPS) is 17.9. The molecule has 19 heavy (non-hydrogen) atoms. The molecule has 1 aromatic carbocycles. The molecule has 2 rings (SSSR count). The molecule has 1 aromatic rings. The summed E-state index contributed by atoms with van der Waals surface area (Å²) in [7, 11) is -1.37. The minimum absolute atomic E-state index is 0.549. The Labute approximate surface area is 115 Å². The van der Waals surface area contributed by atoms with Crippen LogP contribution in [0.4, 0.5) is 0 Å². The lowest BCUT2D eigenvalue weighted by Crippen LogP contribution is -2.48. The van der Waals surface area contributed by atoms with E-state index in [-0.39, 0.29) is 0 Å². The van der Waals surface area contributed by atoms with Gasteiger partial charge in [0.15, 0.2) is 0 Å². The third-order valence-electron chi connectivity index (χ3n) is 3.82. The molecule has 0 unspecified atom stereocenters. The summed E-state index contributed by atoms with van der Waals surface area (Å²) in [6, 6.07) is 8.15. The first-order valence-corrected chi connectivity index (χ1v) is 6.97. The van der Waals surface area contributed by atoms with Gasteiger partial charge >= 0.3 is 7.12 Å². The molecule has 104 valence electrons. The minimum Gasteiger partial charge on any atom is -0.423 e. The molecule has 0 aliphatic carbocycles. The van der Waals surface area contributed by atoms with E-state index in [1.54, 1.807) is 12.1 Å². The Kier molecular flexibility index (Phi) is 4.99. The van der Waals surface area contributed by atoms with Gasteiger partial charge in [0.05, 0.1) is 0 Å².